The minimum Gasteiger partial charge on any atom is -0.444 e. The molecule has 0 atom stereocenters. The van der Waals surface area contributed by atoms with Gasteiger partial charge in [0.2, 0.25) is 0 Å². The minimum absolute atomic E-state index is 0.205. The lowest BCUT2D eigenvalue weighted by Crippen LogP contribution is -2.42. The molecule has 20 heavy (non-hydrogen) atoms. The third-order valence-electron chi connectivity index (χ3n) is 3.65. The zero-order valence-electron chi connectivity index (χ0n) is 13.1. The summed E-state index contributed by atoms with van der Waals surface area (Å²) in [5.41, 5.74) is 1.88. The molecule has 5 nitrogen and oxygen atoms in total. The number of aryl methyl sites for hydroxylation is 2. The van der Waals surface area contributed by atoms with Gasteiger partial charge in [-0.3, -0.25) is 4.68 Å². The first-order chi connectivity index (χ1) is 9.26. The number of ether oxygens (including phenoxy) is 1. The van der Waals surface area contributed by atoms with Crippen molar-refractivity contribution in [1.82, 2.24) is 14.7 Å². The molecule has 0 aromatic carbocycles. The van der Waals surface area contributed by atoms with Crippen molar-refractivity contribution in [2.45, 2.75) is 59.1 Å². The van der Waals surface area contributed by atoms with Gasteiger partial charge >= 0.3 is 6.09 Å². The molecule has 1 aromatic rings. The molecule has 2 heterocycles. The van der Waals surface area contributed by atoms with E-state index in [4.69, 9.17) is 4.74 Å². The molecular formula is C15H25N3O2. The zero-order valence-corrected chi connectivity index (χ0v) is 13.1. The van der Waals surface area contributed by atoms with Gasteiger partial charge in [-0.25, -0.2) is 4.79 Å². The normalized spacial score (nSPS) is 17.4. The Labute approximate surface area is 120 Å². The van der Waals surface area contributed by atoms with Crippen molar-refractivity contribution in [3.05, 3.63) is 17.5 Å². The van der Waals surface area contributed by atoms with Crippen molar-refractivity contribution in [2.24, 2.45) is 0 Å². The molecule has 5 heteroatoms. The van der Waals surface area contributed by atoms with Gasteiger partial charge in [0.25, 0.3) is 0 Å². The quantitative estimate of drug-likeness (QED) is 0.793. The average molecular weight is 279 g/mol. The maximum atomic E-state index is 12.0. The lowest BCUT2D eigenvalue weighted by atomic mass is 10.1. The summed E-state index contributed by atoms with van der Waals surface area (Å²) in [5, 5.41) is 4.55. The Kier molecular flexibility index (Phi) is 4.06. The number of carbonyl (C=O) groups is 1. The van der Waals surface area contributed by atoms with Gasteiger partial charge in [0, 0.05) is 19.3 Å². The highest BCUT2D eigenvalue weighted by Crippen LogP contribution is 2.24. The Bertz CT molecular complexity index is 460. The molecule has 2 rings (SSSR count). The summed E-state index contributed by atoms with van der Waals surface area (Å²) in [5.74, 6) is 0. The highest BCUT2D eigenvalue weighted by atomic mass is 16.6. The Balaban J connectivity index is 1.91. The molecule has 0 bridgehead atoms. The first-order valence-electron chi connectivity index (χ1n) is 7.26. The van der Waals surface area contributed by atoms with Crippen molar-refractivity contribution in [1.29, 1.82) is 0 Å². The molecule has 0 unspecified atom stereocenters. The Morgan fingerprint density at radius 2 is 1.90 bits per heavy atom. The summed E-state index contributed by atoms with van der Waals surface area (Å²) >= 11 is 0. The number of carbonyl (C=O) groups excluding carboxylic acids is 1. The van der Waals surface area contributed by atoms with Gasteiger partial charge in [0.05, 0.1) is 11.7 Å². The maximum Gasteiger partial charge on any atom is 0.410 e. The van der Waals surface area contributed by atoms with Crippen molar-refractivity contribution in [3.8, 4) is 0 Å². The molecule has 1 aliphatic heterocycles. The van der Waals surface area contributed by atoms with E-state index >= 15 is 0 Å². The number of hydrogen-bond acceptors (Lipinski definition) is 3. The van der Waals surface area contributed by atoms with Gasteiger partial charge < -0.3 is 9.64 Å². The SMILES string of the molecule is Cc1cn(C2CCN(C(=O)OC(C)(C)C)CC2)nc1C. The van der Waals surface area contributed by atoms with Crippen molar-refractivity contribution >= 4 is 6.09 Å². The largest absolute Gasteiger partial charge is 0.444 e. The van der Waals surface area contributed by atoms with E-state index < -0.39 is 5.60 Å². The van der Waals surface area contributed by atoms with Crippen LogP contribution in [0.3, 0.4) is 0 Å². The minimum atomic E-state index is -0.426. The standard InChI is InChI=1S/C15H25N3O2/c1-11-10-18(16-12(11)2)13-6-8-17(9-7-13)14(19)20-15(3,4)5/h10,13H,6-9H2,1-5H3. The van der Waals surface area contributed by atoms with Crippen LogP contribution in [0.15, 0.2) is 6.20 Å². The van der Waals surface area contributed by atoms with Gasteiger partial charge in [-0.05, 0) is 53.0 Å². The van der Waals surface area contributed by atoms with Gasteiger partial charge in [0.1, 0.15) is 5.60 Å². The first-order valence-corrected chi connectivity index (χ1v) is 7.26. The molecule has 0 N–H and O–H groups in total. The molecule has 1 amide bonds. The van der Waals surface area contributed by atoms with Crippen LogP contribution in [-0.4, -0.2) is 39.5 Å². The fourth-order valence-electron chi connectivity index (χ4n) is 2.40. The first kappa shape index (κ1) is 14.9. The average Bonchev–Trinajstić information content (AvgIpc) is 2.68. The van der Waals surface area contributed by atoms with Crippen molar-refractivity contribution < 1.29 is 9.53 Å². The van der Waals surface area contributed by atoms with Crippen LogP contribution in [0.25, 0.3) is 0 Å². The molecule has 1 aliphatic rings. The van der Waals surface area contributed by atoms with Crippen LogP contribution in [0.1, 0.15) is 50.9 Å². The molecule has 1 fully saturated rings. The fraction of sp³-hybridized carbons (Fsp3) is 0.733. The third-order valence-corrected chi connectivity index (χ3v) is 3.65. The second-order valence-corrected chi connectivity index (χ2v) is 6.58. The Morgan fingerprint density at radius 3 is 2.35 bits per heavy atom. The van der Waals surface area contributed by atoms with Crippen LogP contribution in [0.4, 0.5) is 4.79 Å². The zero-order chi connectivity index (χ0) is 14.9. The number of rotatable bonds is 1. The molecular weight excluding hydrogens is 254 g/mol. The Morgan fingerprint density at radius 1 is 1.30 bits per heavy atom. The summed E-state index contributed by atoms with van der Waals surface area (Å²) in [4.78, 5) is 13.8. The molecule has 0 radical (unpaired) electrons. The van der Waals surface area contributed by atoms with Crippen LogP contribution >= 0.6 is 0 Å². The summed E-state index contributed by atoms with van der Waals surface area (Å²) in [6.07, 6.45) is 3.76. The predicted molar refractivity (Wildman–Crippen MR) is 77.8 cm³/mol. The second-order valence-electron chi connectivity index (χ2n) is 6.58. The molecule has 1 saturated heterocycles. The lowest BCUT2D eigenvalue weighted by molar-refractivity contribution is 0.0184. The van der Waals surface area contributed by atoms with E-state index in [1.54, 1.807) is 4.90 Å². The Hall–Kier alpha value is -1.52. The van der Waals surface area contributed by atoms with E-state index in [9.17, 15) is 4.79 Å². The number of amides is 1. The van der Waals surface area contributed by atoms with Gasteiger partial charge in [0.15, 0.2) is 0 Å². The van der Waals surface area contributed by atoms with Crippen LogP contribution < -0.4 is 0 Å². The van der Waals surface area contributed by atoms with Crippen molar-refractivity contribution in [3.63, 3.8) is 0 Å². The van der Waals surface area contributed by atoms with Gasteiger partial charge in [-0.1, -0.05) is 0 Å². The number of aromatic nitrogens is 2. The van der Waals surface area contributed by atoms with Gasteiger partial charge in [-0.15, -0.1) is 0 Å². The molecule has 0 saturated carbocycles. The molecule has 1 aromatic heterocycles. The third kappa shape index (κ3) is 3.52. The summed E-state index contributed by atoms with van der Waals surface area (Å²) in [6.45, 7) is 11.3. The number of likely N-dealkylation sites (tertiary alicyclic amines) is 1. The number of hydrogen-bond donors (Lipinski definition) is 0. The smallest absolute Gasteiger partial charge is 0.410 e. The van der Waals surface area contributed by atoms with Crippen molar-refractivity contribution in [2.75, 3.05) is 13.1 Å². The van der Waals surface area contributed by atoms with Crippen LogP contribution in [-0.2, 0) is 4.74 Å². The predicted octanol–water partition coefficient (Wildman–Crippen LogP) is 3.07. The summed E-state index contributed by atoms with van der Waals surface area (Å²) in [7, 11) is 0. The van der Waals surface area contributed by atoms with E-state index in [0.717, 1.165) is 31.6 Å². The summed E-state index contributed by atoms with van der Waals surface area (Å²) in [6, 6.07) is 0.390. The van der Waals surface area contributed by atoms with E-state index in [2.05, 4.69) is 22.9 Å². The molecule has 0 spiro atoms. The van der Waals surface area contributed by atoms with E-state index in [-0.39, 0.29) is 6.09 Å². The number of nitrogens with zero attached hydrogens (tertiary/aromatic N) is 3. The monoisotopic (exact) mass is 279 g/mol. The summed E-state index contributed by atoms with van der Waals surface area (Å²) < 4.78 is 7.46. The number of piperidine rings is 1. The molecule has 0 aliphatic carbocycles. The van der Waals surface area contributed by atoms with Crippen LogP contribution in [0.2, 0.25) is 0 Å². The van der Waals surface area contributed by atoms with E-state index in [0.29, 0.717) is 6.04 Å². The second kappa shape index (κ2) is 5.46. The molecule has 112 valence electrons. The highest BCUT2D eigenvalue weighted by Gasteiger charge is 2.27. The van der Waals surface area contributed by atoms with Crippen LogP contribution in [0.5, 0.6) is 0 Å². The van der Waals surface area contributed by atoms with E-state index in [1.165, 1.54) is 5.56 Å². The highest BCUT2D eigenvalue weighted by molar-refractivity contribution is 5.68. The van der Waals surface area contributed by atoms with Crippen LogP contribution in [0, 0.1) is 13.8 Å². The fourth-order valence-corrected chi connectivity index (χ4v) is 2.40. The van der Waals surface area contributed by atoms with Gasteiger partial charge in [-0.2, -0.15) is 5.10 Å². The topological polar surface area (TPSA) is 47.4 Å². The lowest BCUT2D eigenvalue weighted by Gasteiger charge is -2.33. The maximum absolute atomic E-state index is 12.0. The van der Waals surface area contributed by atoms with E-state index in [1.807, 2.05) is 27.7 Å².